The molecule has 2 amide bonds. The number of benzene rings is 1. The Morgan fingerprint density at radius 2 is 2.04 bits per heavy atom. The average Bonchev–Trinajstić information content (AvgIpc) is 2.53. The lowest BCUT2D eigenvalue weighted by atomic mass is 9.85. The topological polar surface area (TPSA) is 58.6 Å². The molecule has 1 heterocycles. The molecule has 23 heavy (non-hydrogen) atoms. The number of nitrogens with zero attached hydrogens (tertiary/aromatic N) is 1. The zero-order valence-corrected chi connectivity index (χ0v) is 13.4. The summed E-state index contributed by atoms with van der Waals surface area (Å²) in [6.45, 7) is 1.73. The molecule has 0 spiro atoms. The van der Waals surface area contributed by atoms with Gasteiger partial charge in [0.25, 0.3) is 0 Å². The third-order valence-electron chi connectivity index (χ3n) is 4.74. The molecule has 1 saturated heterocycles. The predicted molar refractivity (Wildman–Crippen MR) is 87.0 cm³/mol. The van der Waals surface area contributed by atoms with Crippen molar-refractivity contribution in [2.45, 2.75) is 38.1 Å². The van der Waals surface area contributed by atoms with E-state index in [2.05, 4.69) is 5.32 Å². The zero-order chi connectivity index (χ0) is 16.1. The van der Waals surface area contributed by atoms with Crippen LogP contribution in [0, 0.1) is 5.92 Å². The van der Waals surface area contributed by atoms with Gasteiger partial charge in [0.05, 0.1) is 6.61 Å². The maximum absolute atomic E-state index is 12.7. The summed E-state index contributed by atoms with van der Waals surface area (Å²) in [7, 11) is 0. The van der Waals surface area contributed by atoms with Gasteiger partial charge in [-0.15, -0.1) is 0 Å². The first-order valence-electron chi connectivity index (χ1n) is 8.49. The molecular formula is C18H24N2O3. The molecule has 3 rings (SSSR count). The van der Waals surface area contributed by atoms with E-state index in [-0.39, 0.29) is 12.0 Å². The van der Waals surface area contributed by atoms with Crippen LogP contribution in [0.1, 0.15) is 31.2 Å². The van der Waals surface area contributed by atoms with Crippen LogP contribution in [-0.4, -0.2) is 42.6 Å². The first-order valence-corrected chi connectivity index (χ1v) is 8.49. The number of rotatable bonds is 6. The Hall–Kier alpha value is -2.04. The molecule has 124 valence electrons. The highest BCUT2D eigenvalue weighted by molar-refractivity contribution is 5.86. The standard InChI is InChI=1S/C18H24N2O3/c21-17(19-13-15-8-4-9-15)16(12-14-6-2-1-3-7-14)20-10-5-11-23-18(20)22/h1-3,6-7,15-16H,4-5,8-13H2,(H,19,21)/t16-/m0/s1. The van der Waals surface area contributed by atoms with E-state index in [1.807, 2.05) is 30.3 Å². The summed E-state index contributed by atoms with van der Waals surface area (Å²) in [5, 5.41) is 3.03. The van der Waals surface area contributed by atoms with Crippen LogP contribution in [0.5, 0.6) is 0 Å². The molecule has 1 aromatic carbocycles. The van der Waals surface area contributed by atoms with Gasteiger partial charge in [0.1, 0.15) is 6.04 Å². The third kappa shape index (κ3) is 4.03. The van der Waals surface area contributed by atoms with Crippen molar-refractivity contribution in [3.05, 3.63) is 35.9 Å². The maximum atomic E-state index is 12.7. The minimum absolute atomic E-state index is 0.0698. The van der Waals surface area contributed by atoms with Gasteiger partial charge < -0.3 is 10.1 Å². The summed E-state index contributed by atoms with van der Waals surface area (Å²) in [6.07, 6.45) is 4.55. The van der Waals surface area contributed by atoms with Gasteiger partial charge in [-0.1, -0.05) is 36.8 Å². The van der Waals surface area contributed by atoms with Crippen molar-refractivity contribution in [2.24, 2.45) is 5.92 Å². The first kappa shape index (κ1) is 15.8. The van der Waals surface area contributed by atoms with Crippen LogP contribution in [0.2, 0.25) is 0 Å². The Morgan fingerprint density at radius 3 is 2.70 bits per heavy atom. The van der Waals surface area contributed by atoms with E-state index in [0.29, 0.717) is 32.0 Å². The lowest BCUT2D eigenvalue weighted by molar-refractivity contribution is -0.126. The molecule has 1 aromatic rings. The fraction of sp³-hybridized carbons (Fsp3) is 0.556. The van der Waals surface area contributed by atoms with Gasteiger partial charge in [-0.25, -0.2) is 4.79 Å². The van der Waals surface area contributed by atoms with E-state index >= 15 is 0 Å². The zero-order valence-electron chi connectivity index (χ0n) is 13.4. The lowest BCUT2D eigenvalue weighted by Gasteiger charge is -2.34. The fourth-order valence-electron chi connectivity index (χ4n) is 3.09. The third-order valence-corrected chi connectivity index (χ3v) is 4.74. The second-order valence-electron chi connectivity index (χ2n) is 6.41. The predicted octanol–water partition coefficient (Wildman–Crippen LogP) is 2.36. The van der Waals surface area contributed by atoms with Crippen molar-refractivity contribution in [1.82, 2.24) is 10.2 Å². The quantitative estimate of drug-likeness (QED) is 0.876. The summed E-state index contributed by atoms with van der Waals surface area (Å²) in [5.41, 5.74) is 1.05. The molecule has 0 aromatic heterocycles. The minimum atomic E-state index is -0.495. The Labute approximate surface area is 137 Å². The van der Waals surface area contributed by atoms with Gasteiger partial charge in [0, 0.05) is 19.5 Å². The monoisotopic (exact) mass is 316 g/mol. The molecule has 0 bridgehead atoms. The van der Waals surface area contributed by atoms with Gasteiger partial charge in [0.15, 0.2) is 0 Å². The van der Waals surface area contributed by atoms with Crippen LogP contribution in [0.4, 0.5) is 4.79 Å². The molecule has 1 aliphatic heterocycles. The highest BCUT2D eigenvalue weighted by Crippen LogP contribution is 2.25. The van der Waals surface area contributed by atoms with Gasteiger partial charge in [0.2, 0.25) is 5.91 Å². The minimum Gasteiger partial charge on any atom is -0.449 e. The van der Waals surface area contributed by atoms with Crippen molar-refractivity contribution >= 4 is 12.0 Å². The van der Waals surface area contributed by atoms with Crippen LogP contribution >= 0.6 is 0 Å². The van der Waals surface area contributed by atoms with E-state index in [9.17, 15) is 9.59 Å². The van der Waals surface area contributed by atoms with Crippen molar-refractivity contribution in [2.75, 3.05) is 19.7 Å². The molecule has 0 unspecified atom stereocenters. The first-order chi connectivity index (χ1) is 11.2. The summed E-state index contributed by atoms with van der Waals surface area (Å²) in [6, 6.07) is 9.33. The number of hydrogen-bond donors (Lipinski definition) is 1. The number of carbonyl (C=O) groups is 2. The summed E-state index contributed by atoms with van der Waals surface area (Å²) >= 11 is 0. The van der Waals surface area contributed by atoms with Crippen LogP contribution in [-0.2, 0) is 16.0 Å². The van der Waals surface area contributed by atoms with E-state index in [1.54, 1.807) is 4.90 Å². The molecule has 0 radical (unpaired) electrons. The van der Waals surface area contributed by atoms with E-state index in [0.717, 1.165) is 12.0 Å². The van der Waals surface area contributed by atoms with Crippen LogP contribution in [0.15, 0.2) is 30.3 Å². The number of cyclic esters (lactones) is 1. The molecule has 2 fully saturated rings. The van der Waals surface area contributed by atoms with Crippen molar-refractivity contribution in [3.8, 4) is 0 Å². The number of carbonyl (C=O) groups excluding carboxylic acids is 2. The van der Waals surface area contributed by atoms with Gasteiger partial charge in [-0.05, 0) is 30.7 Å². The molecule has 1 aliphatic carbocycles. The highest BCUT2D eigenvalue weighted by Gasteiger charge is 2.33. The van der Waals surface area contributed by atoms with Crippen LogP contribution < -0.4 is 5.32 Å². The van der Waals surface area contributed by atoms with E-state index in [1.165, 1.54) is 19.3 Å². The molecule has 5 heteroatoms. The Bertz CT molecular complexity index is 542. The molecule has 2 aliphatic rings. The second kappa shape index (κ2) is 7.49. The maximum Gasteiger partial charge on any atom is 0.410 e. The number of nitrogens with one attached hydrogen (secondary N) is 1. The Balaban J connectivity index is 1.68. The fourth-order valence-corrected chi connectivity index (χ4v) is 3.09. The van der Waals surface area contributed by atoms with Crippen molar-refractivity contribution in [1.29, 1.82) is 0 Å². The normalized spacial score (nSPS) is 19.7. The second-order valence-corrected chi connectivity index (χ2v) is 6.41. The van der Waals surface area contributed by atoms with Crippen molar-refractivity contribution in [3.63, 3.8) is 0 Å². The molecule has 1 N–H and O–H groups in total. The Morgan fingerprint density at radius 1 is 1.26 bits per heavy atom. The summed E-state index contributed by atoms with van der Waals surface area (Å²) in [5.74, 6) is 0.532. The van der Waals surface area contributed by atoms with Crippen molar-refractivity contribution < 1.29 is 14.3 Å². The smallest absolute Gasteiger partial charge is 0.410 e. The van der Waals surface area contributed by atoms with E-state index < -0.39 is 6.04 Å². The lowest BCUT2D eigenvalue weighted by Crippen LogP contribution is -2.53. The number of ether oxygens (including phenoxy) is 1. The number of hydrogen-bond acceptors (Lipinski definition) is 3. The average molecular weight is 316 g/mol. The highest BCUT2D eigenvalue weighted by atomic mass is 16.6. The molecule has 1 atom stereocenters. The Kier molecular flexibility index (Phi) is 5.16. The molecular weight excluding hydrogens is 292 g/mol. The van der Waals surface area contributed by atoms with Crippen LogP contribution in [0.3, 0.4) is 0 Å². The largest absolute Gasteiger partial charge is 0.449 e. The SMILES string of the molecule is O=C(NCC1CCC1)[C@H](Cc1ccccc1)N1CCCOC1=O. The van der Waals surface area contributed by atoms with Gasteiger partial charge in [-0.3, -0.25) is 9.69 Å². The van der Waals surface area contributed by atoms with Gasteiger partial charge >= 0.3 is 6.09 Å². The van der Waals surface area contributed by atoms with Gasteiger partial charge in [-0.2, -0.15) is 0 Å². The summed E-state index contributed by atoms with van der Waals surface area (Å²) in [4.78, 5) is 26.3. The molecule has 5 nitrogen and oxygen atoms in total. The van der Waals surface area contributed by atoms with Crippen LogP contribution in [0.25, 0.3) is 0 Å². The molecule has 1 saturated carbocycles. The number of amides is 2. The summed E-state index contributed by atoms with van der Waals surface area (Å²) < 4.78 is 5.12. The van der Waals surface area contributed by atoms with E-state index in [4.69, 9.17) is 4.74 Å².